The third-order valence-corrected chi connectivity index (χ3v) is 4.42. The zero-order valence-electron chi connectivity index (χ0n) is 11.7. The fourth-order valence-corrected chi connectivity index (χ4v) is 2.77. The molecule has 3 N–H and O–H groups in total. The van der Waals surface area contributed by atoms with Gasteiger partial charge >= 0.3 is 5.97 Å². The van der Waals surface area contributed by atoms with Crippen molar-refractivity contribution in [2.24, 2.45) is 5.73 Å². The van der Waals surface area contributed by atoms with Gasteiger partial charge in [-0.2, -0.15) is 0 Å². The molecule has 4 nitrogen and oxygen atoms in total. The Labute approximate surface area is 113 Å². The van der Waals surface area contributed by atoms with Gasteiger partial charge in [0.25, 0.3) is 0 Å². The number of benzene rings is 1. The van der Waals surface area contributed by atoms with Crippen LogP contribution in [0.15, 0.2) is 12.1 Å². The molecule has 19 heavy (non-hydrogen) atoms. The fourth-order valence-electron chi connectivity index (χ4n) is 2.77. The molecule has 1 fully saturated rings. The van der Waals surface area contributed by atoms with Crippen LogP contribution in [0.1, 0.15) is 28.7 Å². The number of aryl methyl sites for hydroxylation is 1. The molecule has 1 aromatic carbocycles. The van der Waals surface area contributed by atoms with E-state index in [0.29, 0.717) is 13.2 Å². The molecule has 104 valence electrons. The van der Waals surface area contributed by atoms with E-state index < -0.39 is 12.0 Å². The first-order valence-electron chi connectivity index (χ1n) is 6.51. The number of hydrogen-bond donors (Lipinski definition) is 2. The summed E-state index contributed by atoms with van der Waals surface area (Å²) in [6.45, 7) is 7.25. The SMILES string of the molecule is Cc1ccc(C2(C(N)CC(=O)O)COC2)c(C)c1C. The van der Waals surface area contributed by atoms with E-state index in [1.54, 1.807) is 0 Å². The van der Waals surface area contributed by atoms with Crippen molar-refractivity contribution in [2.75, 3.05) is 13.2 Å². The van der Waals surface area contributed by atoms with Gasteiger partial charge in [-0.3, -0.25) is 4.79 Å². The largest absolute Gasteiger partial charge is 0.481 e. The number of carbonyl (C=O) groups is 1. The second kappa shape index (κ2) is 4.94. The standard InChI is InChI=1S/C15H21NO3/c1-9-4-5-12(11(3)10(9)2)15(7-19-8-15)13(16)6-14(17)18/h4-5,13H,6-8,16H2,1-3H3,(H,17,18). The molecule has 2 rings (SSSR count). The van der Waals surface area contributed by atoms with Gasteiger partial charge in [-0.05, 0) is 43.0 Å². The molecule has 1 saturated heterocycles. The number of carboxylic acids is 1. The van der Waals surface area contributed by atoms with Gasteiger partial charge in [-0.15, -0.1) is 0 Å². The zero-order chi connectivity index (χ0) is 14.2. The fraction of sp³-hybridized carbons (Fsp3) is 0.533. The van der Waals surface area contributed by atoms with E-state index in [0.717, 1.165) is 5.56 Å². The van der Waals surface area contributed by atoms with Gasteiger partial charge in [-0.1, -0.05) is 12.1 Å². The lowest BCUT2D eigenvalue weighted by molar-refractivity contribution is -0.140. The van der Waals surface area contributed by atoms with Gasteiger partial charge in [0.2, 0.25) is 0 Å². The van der Waals surface area contributed by atoms with Crippen LogP contribution >= 0.6 is 0 Å². The number of carboxylic acid groups (broad SMARTS) is 1. The van der Waals surface area contributed by atoms with Crippen molar-refractivity contribution >= 4 is 5.97 Å². The molecular weight excluding hydrogens is 242 g/mol. The summed E-state index contributed by atoms with van der Waals surface area (Å²) in [4.78, 5) is 10.9. The minimum Gasteiger partial charge on any atom is -0.481 e. The Morgan fingerprint density at radius 3 is 2.47 bits per heavy atom. The highest BCUT2D eigenvalue weighted by atomic mass is 16.5. The quantitative estimate of drug-likeness (QED) is 0.867. The second-order valence-electron chi connectivity index (χ2n) is 5.53. The van der Waals surface area contributed by atoms with Crippen LogP contribution in [0.4, 0.5) is 0 Å². The Bertz CT molecular complexity index is 506. The predicted molar refractivity (Wildman–Crippen MR) is 73.4 cm³/mol. The Kier molecular flexibility index (Phi) is 3.65. The van der Waals surface area contributed by atoms with Crippen LogP contribution in [0.5, 0.6) is 0 Å². The lowest BCUT2D eigenvalue weighted by Gasteiger charge is -2.47. The number of nitrogens with two attached hydrogens (primary N) is 1. The van der Waals surface area contributed by atoms with E-state index >= 15 is 0 Å². The summed E-state index contributed by atoms with van der Waals surface area (Å²) in [5.74, 6) is -0.861. The van der Waals surface area contributed by atoms with Crippen molar-refractivity contribution in [3.63, 3.8) is 0 Å². The van der Waals surface area contributed by atoms with Crippen LogP contribution in [0, 0.1) is 20.8 Å². The lowest BCUT2D eigenvalue weighted by atomic mass is 9.69. The molecule has 0 saturated carbocycles. The summed E-state index contributed by atoms with van der Waals surface area (Å²) in [6.07, 6.45) is -0.0320. The van der Waals surface area contributed by atoms with Crippen LogP contribution < -0.4 is 5.73 Å². The summed E-state index contributed by atoms with van der Waals surface area (Å²) in [5, 5.41) is 8.96. The number of hydrogen-bond acceptors (Lipinski definition) is 3. The molecule has 1 aliphatic rings. The molecule has 0 amide bonds. The molecular formula is C15H21NO3. The molecule has 1 aromatic rings. The summed E-state index contributed by atoms with van der Waals surface area (Å²) < 4.78 is 5.35. The van der Waals surface area contributed by atoms with E-state index in [4.69, 9.17) is 15.6 Å². The average Bonchev–Trinajstić information content (AvgIpc) is 2.26. The van der Waals surface area contributed by atoms with Gasteiger partial charge in [0.15, 0.2) is 0 Å². The van der Waals surface area contributed by atoms with Crippen molar-refractivity contribution in [3.8, 4) is 0 Å². The van der Waals surface area contributed by atoms with Crippen LogP contribution in [0.3, 0.4) is 0 Å². The van der Waals surface area contributed by atoms with Crippen molar-refractivity contribution in [3.05, 3.63) is 34.4 Å². The maximum absolute atomic E-state index is 10.9. The molecule has 1 atom stereocenters. The van der Waals surface area contributed by atoms with Gasteiger partial charge in [0.1, 0.15) is 0 Å². The molecule has 0 aromatic heterocycles. The highest BCUT2D eigenvalue weighted by Gasteiger charge is 2.47. The van der Waals surface area contributed by atoms with Crippen molar-refractivity contribution in [1.82, 2.24) is 0 Å². The Morgan fingerprint density at radius 1 is 1.37 bits per heavy atom. The van der Waals surface area contributed by atoms with Gasteiger partial charge in [-0.25, -0.2) is 0 Å². The van der Waals surface area contributed by atoms with Gasteiger partial charge < -0.3 is 15.6 Å². The molecule has 0 radical (unpaired) electrons. The van der Waals surface area contributed by atoms with E-state index in [-0.39, 0.29) is 11.8 Å². The topological polar surface area (TPSA) is 72.6 Å². The first-order chi connectivity index (χ1) is 8.88. The smallest absolute Gasteiger partial charge is 0.304 e. The van der Waals surface area contributed by atoms with E-state index in [2.05, 4.69) is 32.9 Å². The Hall–Kier alpha value is -1.39. The first-order valence-corrected chi connectivity index (χ1v) is 6.51. The molecule has 0 aliphatic carbocycles. The molecule has 4 heteroatoms. The van der Waals surface area contributed by atoms with Crippen molar-refractivity contribution in [1.29, 1.82) is 0 Å². The monoisotopic (exact) mass is 263 g/mol. The van der Waals surface area contributed by atoms with E-state index in [1.807, 2.05) is 0 Å². The highest BCUT2D eigenvalue weighted by Crippen LogP contribution is 2.39. The molecule has 1 unspecified atom stereocenters. The normalized spacial score (nSPS) is 18.7. The van der Waals surface area contributed by atoms with Crippen molar-refractivity contribution < 1.29 is 14.6 Å². The van der Waals surface area contributed by atoms with Crippen LogP contribution in [-0.4, -0.2) is 30.3 Å². The van der Waals surface area contributed by atoms with Gasteiger partial charge in [0, 0.05) is 6.04 Å². The third-order valence-electron chi connectivity index (χ3n) is 4.42. The lowest BCUT2D eigenvalue weighted by Crippen LogP contribution is -2.59. The van der Waals surface area contributed by atoms with E-state index in [1.165, 1.54) is 16.7 Å². The molecule has 1 heterocycles. The summed E-state index contributed by atoms with van der Waals surface area (Å²) in [7, 11) is 0. The maximum atomic E-state index is 10.9. The Morgan fingerprint density at radius 2 is 2.00 bits per heavy atom. The molecule has 1 aliphatic heterocycles. The third kappa shape index (κ3) is 2.26. The van der Waals surface area contributed by atoms with Crippen LogP contribution in [0.25, 0.3) is 0 Å². The van der Waals surface area contributed by atoms with Crippen LogP contribution in [-0.2, 0) is 14.9 Å². The predicted octanol–water partition coefficient (Wildman–Crippen LogP) is 1.68. The minimum absolute atomic E-state index is 0.0320. The average molecular weight is 263 g/mol. The Balaban J connectivity index is 2.42. The minimum atomic E-state index is -0.861. The number of ether oxygens (including phenoxy) is 1. The molecule has 0 spiro atoms. The first kappa shape index (κ1) is 14.0. The summed E-state index contributed by atoms with van der Waals surface area (Å²) in [6, 6.07) is 3.73. The maximum Gasteiger partial charge on any atom is 0.304 e. The second-order valence-corrected chi connectivity index (χ2v) is 5.53. The van der Waals surface area contributed by atoms with Crippen LogP contribution in [0.2, 0.25) is 0 Å². The summed E-state index contributed by atoms with van der Waals surface area (Å²) in [5.41, 5.74) is 10.6. The number of aliphatic carboxylic acids is 1. The van der Waals surface area contributed by atoms with Gasteiger partial charge in [0.05, 0.1) is 25.0 Å². The highest BCUT2D eigenvalue weighted by molar-refractivity contribution is 5.68. The zero-order valence-corrected chi connectivity index (χ0v) is 11.7. The molecule has 0 bridgehead atoms. The summed E-state index contributed by atoms with van der Waals surface area (Å²) >= 11 is 0. The number of rotatable bonds is 4. The van der Waals surface area contributed by atoms with E-state index in [9.17, 15) is 4.79 Å². The van der Waals surface area contributed by atoms with Crippen molar-refractivity contribution in [2.45, 2.75) is 38.6 Å².